The minimum Gasteiger partial charge on any atom is -0.393 e. The topological polar surface area (TPSA) is 74.7 Å². The van der Waals surface area contributed by atoms with Crippen molar-refractivity contribution in [2.45, 2.75) is 64.2 Å². The average molecular weight is 424 g/mol. The number of carbonyl (C=O) groups is 1. The highest BCUT2D eigenvalue weighted by atomic mass is 16.5. The number of piperidine rings is 1. The number of pyridine rings is 1. The van der Waals surface area contributed by atoms with E-state index in [0.29, 0.717) is 43.9 Å². The van der Waals surface area contributed by atoms with Crippen LogP contribution in [-0.2, 0) is 4.74 Å². The monoisotopic (exact) mass is 423 g/mol. The van der Waals surface area contributed by atoms with Crippen molar-refractivity contribution < 1.29 is 14.6 Å². The SMILES string of the molecule is Cc1cccc(-c2ccc(C(=O)NC3CCOC(C)(C)C3)c(N3CCC(O)CC3)n2)c1. The van der Waals surface area contributed by atoms with Crippen molar-refractivity contribution >= 4 is 11.7 Å². The summed E-state index contributed by atoms with van der Waals surface area (Å²) in [5.41, 5.74) is 3.43. The number of aromatic nitrogens is 1. The van der Waals surface area contributed by atoms with Crippen LogP contribution in [0.25, 0.3) is 11.3 Å². The molecule has 6 heteroatoms. The molecule has 2 aliphatic heterocycles. The number of nitrogens with one attached hydrogen (secondary N) is 1. The lowest BCUT2D eigenvalue weighted by atomic mass is 9.93. The quantitative estimate of drug-likeness (QED) is 0.784. The van der Waals surface area contributed by atoms with Crippen LogP contribution in [0, 0.1) is 6.92 Å². The van der Waals surface area contributed by atoms with Crippen molar-refractivity contribution in [2.75, 3.05) is 24.6 Å². The van der Waals surface area contributed by atoms with Gasteiger partial charge in [0.1, 0.15) is 5.82 Å². The first kappa shape index (κ1) is 21.8. The summed E-state index contributed by atoms with van der Waals surface area (Å²) >= 11 is 0. The number of aliphatic hydroxyl groups is 1. The van der Waals surface area contributed by atoms with E-state index in [0.717, 1.165) is 24.1 Å². The Bertz CT molecular complexity index is 935. The fourth-order valence-electron chi connectivity index (χ4n) is 4.53. The van der Waals surface area contributed by atoms with Gasteiger partial charge in [-0.1, -0.05) is 23.8 Å². The van der Waals surface area contributed by atoms with Crippen LogP contribution in [0.4, 0.5) is 5.82 Å². The highest BCUT2D eigenvalue weighted by Gasteiger charge is 2.31. The van der Waals surface area contributed by atoms with Gasteiger partial charge in [-0.25, -0.2) is 4.98 Å². The zero-order valence-electron chi connectivity index (χ0n) is 18.7. The second-order valence-electron chi connectivity index (χ2n) is 9.43. The number of ether oxygens (including phenoxy) is 1. The summed E-state index contributed by atoms with van der Waals surface area (Å²) in [6.07, 6.45) is 2.70. The van der Waals surface area contributed by atoms with Crippen LogP contribution in [0.1, 0.15) is 55.5 Å². The van der Waals surface area contributed by atoms with Gasteiger partial charge in [-0.3, -0.25) is 4.79 Å². The standard InChI is InChI=1S/C25H33N3O3/c1-17-5-4-6-18(15-17)22-8-7-21(23(27-22)28-12-9-20(29)10-13-28)24(30)26-19-11-14-31-25(2,3)16-19/h4-8,15,19-20,29H,9-14,16H2,1-3H3,(H,26,30). The lowest BCUT2D eigenvalue weighted by Crippen LogP contribution is -2.46. The third kappa shape index (κ3) is 5.25. The van der Waals surface area contributed by atoms with Crippen molar-refractivity contribution in [2.24, 2.45) is 0 Å². The Labute approximate surface area is 184 Å². The molecule has 1 aromatic heterocycles. The van der Waals surface area contributed by atoms with Gasteiger partial charge in [0.2, 0.25) is 0 Å². The van der Waals surface area contributed by atoms with E-state index in [1.165, 1.54) is 5.56 Å². The molecule has 0 aliphatic carbocycles. The fraction of sp³-hybridized carbons (Fsp3) is 0.520. The molecular formula is C25H33N3O3. The van der Waals surface area contributed by atoms with E-state index in [2.05, 4.69) is 43.1 Å². The van der Waals surface area contributed by atoms with Gasteiger partial charge in [-0.15, -0.1) is 0 Å². The summed E-state index contributed by atoms with van der Waals surface area (Å²) in [7, 11) is 0. The summed E-state index contributed by atoms with van der Waals surface area (Å²) in [5.74, 6) is 0.613. The van der Waals surface area contributed by atoms with Gasteiger partial charge in [0.15, 0.2) is 0 Å². The van der Waals surface area contributed by atoms with E-state index in [1.54, 1.807) is 0 Å². The van der Waals surface area contributed by atoms with Gasteiger partial charge in [0, 0.05) is 31.3 Å². The Balaban J connectivity index is 1.63. The Morgan fingerprint density at radius 3 is 2.68 bits per heavy atom. The molecule has 0 spiro atoms. The molecule has 4 rings (SSSR count). The molecule has 2 saturated heterocycles. The van der Waals surface area contributed by atoms with Crippen LogP contribution in [0.2, 0.25) is 0 Å². The number of carbonyl (C=O) groups excluding carboxylic acids is 1. The maximum absolute atomic E-state index is 13.3. The predicted molar refractivity (Wildman–Crippen MR) is 122 cm³/mol. The van der Waals surface area contributed by atoms with Gasteiger partial charge >= 0.3 is 0 Å². The number of nitrogens with zero attached hydrogens (tertiary/aromatic N) is 2. The number of aliphatic hydroxyl groups excluding tert-OH is 1. The van der Waals surface area contributed by atoms with Crippen molar-refractivity contribution in [1.82, 2.24) is 10.3 Å². The second kappa shape index (κ2) is 8.97. The number of hydrogen-bond acceptors (Lipinski definition) is 5. The zero-order valence-corrected chi connectivity index (χ0v) is 18.7. The van der Waals surface area contributed by atoms with Gasteiger partial charge in [0.05, 0.1) is 23.0 Å². The molecule has 1 unspecified atom stereocenters. The van der Waals surface area contributed by atoms with Gasteiger partial charge in [-0.2, -0.15) is 0 Å². The first-order valence-electron chi connectivity index (χ1n) is 11.3. The highest BCUT2D eigenvalue weighted by Crippen LogP contribution is 2.29. The third-order valence-electron chi connectivity index (χ3n) is 6.23. The summed E-state index contributed by atoms with van der Waals surface area (Å²) in [5, 5.41) is 13.2. The molecule has 2 aliphatic rings. The van der Waals surface area contributed by atoms with Crippen LogP contribution in [0.5, 0.6) is 0 Å². The van der Waals surface area contributed by atoms with E-state index >= 15 is 0 Å². The third-order valence-corrected chi connectivity index (χ3v) is 6.23. The molecule has 31 heavy (non-hydrogen) atoms. The van der Waals surface area contributed by atoms with Crippen molar-refractivity contribution in [3.05, 3.63) is 47.5 Å². The molecule has 0 saturated carbocycles. The number of anilines is 1. The molecule has 1 atom stereocenters. The van der Waals surface area contributed by atoms with E-state index < -0.39 is 0 Å². The molecule has 0 radical (unpaired) electrons. The van der Waals surface area contributed by atoms with Crippen molar-refractivity contribution in [3.8, 4) is 11.3 Å². The molecule has 2 N–H and O–H groups in total. The molecule has 3 heterocycles. The van der Waals surface area contributed by atoms with Crippen LogP contribution in [0.15, 0.2) is 36.4 Å². The summed E-state index contributed by atoms with van der Waals surface area (Å²) in [4.78, 5) is 20.4. The maximum atomic E-state index is 13.3. The largest absolute Gasteiger partial charge is 0.393 e. The Hall–Kier alpha value is -2.44. The second-order valence-corrected chi connectivity index (χ2v) is 9.43. The maximum Gasteiger partial charge on any atom is 0.255 e. The first-order chi connectivity index (χ1) is 14.8. The number of amides is 1. The van der Waals surface area contributed by atoms with Crippen LogP contribution < -0.4 is 10.2 Å². The lowest BCUT2D eigenvalue weighted by Gasteiger charge is -2.36. The summed E-state index contributed by atoms with van der Waals surface area (Å²) in [6, 6.07) is 12.2. The number of aryl methyl sites for hydroxylation is 1. The van der Waals surface area contributed by atoms with E-state index in [9.17, 15) is 9.90 Å². The van der Waals surface area contributed by atoms with Crippen molar-refractivity contribution in [3.63, 3.8) is 0 Å². The molecule has 1 aromatic carbocycles. The minimum atomic E-state index is -0.280. The smallest absolute Gasteiger partial charge is 0.255 e. The summed E-state index contributed by atoms with van der Waals surface area (Å²) < 4.78 is 5.79. The molecule has 1 amide bonds. The zero-order chi connectivity index (χ0) is 22.0. The average Bonchev–Trinajstić information content (AvgIpc) is 2.73. The Morgan fingerprint density at radius 2 is 1.97 bits per heavy atom. The van der Waals surface area contributed by atoms with Crippen LogP contribution >= 0.6 is 0 Å². The van der Waals surface area contributed by atoms with E-state index in [-0.39, 0.29) is 23.7 Å². The molecular weight excluding hydrogens is 390 g/mol. The van der Waals surface area contributed by atoms with Gasteiger partial charge in [-0.05, 0) is 64.7 Å². The molecule has 0 bridgehead atoms. The highest BCUT2D eigenvalue weighted by molar-refractivity contribution is 5.99. The number of rotatable bonds is 4. The predicted octanol–water partition coefficient (Wildman–Crippen LogP) is 3.71. The molecule has 166 valence electrons. The lowest BCUT2D eigenvalue weighted by molar-refractivity contribution is -0.0615. The van der Waals surface area contributed by atoms with E-state index in [1.807, 2.05) is 24.3 Å². The van der Waals surface area contributed by atoms with Gasteiger partial charge in [0.25, 0.3) is 5.91 Å². The molecule has 2 aromatic rings. The van der Waals surface area contributed by atoms with Crippen molar-refractivity contribution in [1.29, 1.82) is 0 Å². The number of benzene rings is 1. The fourth-order valence-corrected chi connectivity index (χ4v) is 4.53. The summed E-state index contributed by atoms with van der Waals surface area (Å²) in [6.45, 7) is 8.22. The minimum absolute atomic E-state index is 0.0868. The first-order valence-corrected chi connectivity index (χ1v) is 11.3. The van der Waals surface area contributed by atoms with Gasteiger partial charge < -0.3 is 20.1 Å². The number of hydrogen-bond donors (Lipinski definition) is 2. The van der Waals surface area contributed by atoms with Crippen LogP contribution in [0.3, 0.4) is 0 Å². The Kier molecular flexibility index (Phi) is 6.30. The Morgan fingerprint density at radius 1 is 1.19 bits per heavy atom. The normalized spacial score (nSPS) is 21.7. The van der Waals surface area contributed by atoms with E-state index in [4.69, 9.17) is 9.72 Å². The van der Waals surface area contributed by atoms with Crippen LogP contribution in [-0.4, -0.2) is 53.4 Å². The molecule has 6 nitrogen and oxygen atoms in total. The molecule has 2 fully saturated rings.